The molecule has 0 aliphatic carbocycles. The Hall–Kier alpha value is -3.69. The smallest absolute Gasteiger partial charge is 0.338 e. The number of halogens is 1. The SMILES string of the molecule is COc1cccc([C@H]2C(C(=O)OC(C)C)=C(C)N=c3s/c(=C4/C(=O)Nc5ccc(Cl)cc54)c(=O)n32)c1. The monoisotopic (exact) mass is 523 g/mol. The number of hydrogen-bond donors (Lipinski definition) is 1. The zero-order chi connectivity index (χ0) is 25.7. The fourth-order valence-electron chi connectivity index (χ4n) is 4.40. The van der Waals surface area contributed by atoms with E-state index in [2.05, 4.69) is 10.3 Å². The number of rotatable bonds is 4. The summed E-state index contributed by atoms with van der Waals surface area (Å²) in [7, 11) is 1.54. The van der Waals surface area contributed by atoms with Gasteiger partial charge in [-0.3, -0.25) is 14.2 Å². The van der Waals surface area contributed by atoms with Gasteiger partial charge >= 0.3 is 5.97 Å². The van der Waals surface area contributed by atoms with Crippen LogP contribution in [-0.2, 0) is 14.3 Å². The van der Waals surface area contributed by atoms with Crippen LogP contribution in [0.5, 0.6) is 5.75 Å². The van der Waals surface area contributed by atoms with Crippen LogP contribution in [0.3, 0.4) is 0 Å². The fourth-order valence-corrected chi connectivity index (χ4v) is 5.72. The van der Waals surface area contributed by atoms with Crippen LogP contribution in [0.15, 0.2) is 63.5 Å². The fraction of sp³-hybridized carbons (Fsp3) is 0.231. The zero-order valence-corrected chi connectivity index (χ0v) is 21.5. The molecule has 36 heavy (non-hydrogen) atoms. The molecule has 0 saturated heterocycles. The van der Waals surface area contributed by atoms with Crippen LogP contribution in [0.2, 0.25) is 5.02 Å². The number of anilines is 1. The van der Waals surface area contributed by atoms with E-state index >= 15 is 0 Å². The lowest BCUT2D eigenvalue weighted by Crippen LogP contribution is -2.40. The molecule has 1 atom stereocenters. The van der Waals surface area contributed by atoms with Gasteiger partial charge in [-0.15, -0.1) is 0 Å². The van der Waals surface area contributed by atoms with Crippen molar-refractivity contribution in [3.8, 4) is 5.75 Å². The highest BCUT2D eigenvalue weighted by molar-refractivity contribution is 7.07. The number of carbonyl (C=O) groups excluding carboxylic acids is 2. The molecule has 10 heteroatoms. The maximum atomic E-state index is 13.9. The number of hydrogen-bond acceptors (Lipinski definition) is 7. The van der Waals surface area contributed by atoms with Crippen molar-refractivity contribution in [2.24, 2.45) is 4.99 Å². The van der Waals surface area contributed by atoms with Crippen LogP contribution in [0.1, 0.15) is 37.9 Å². The molecule has 3 heterocycles. The van der Waals surface area contributed by atoms with Gasteiger partial charge in [-0.1, -0.05) is 35.1 Å². The van der Waals surface area contributed by atoms with Crippen LogP contribution in [0.25, 0.3) is 5.57 Å². The Balaban J connectivity index is 1.82. The van der Waals surface area contributed by atoms with E-state index in [0.29, 0.717) is 38.1 Å². The van der Waals surface area contributed by atoms with Crippen molar-refractivity contribution in [1.29, 1.82) is 0 Å². The van der Waals surface area contributed by atoms with Gasteiger partial charge in [-0.25, -0.2) is 9.79 Å². The zero-order valence-electron chi connectivity index (χ0n) is 19.9. The summed E-state index contributed by atoms with van der Waals surface area (Å²) in [5, 5.41) is 3.23. The van der Waals surface area contributed by atoms with Crippen LogP contribution >= 0.6 is 22.9 Å². The van der Waals surface area contributed by atoms with Gasteiger partial charge < -0.3 is 14.8 Å². The number of fused-ring (bicyclic) bond motifs is 2. The first kappa shape index (κ1) is 24.0. The van der Waals surface area contributed by atoms with E-state index in [1.165, 1.54) is 4.57 Å². The molecule has 0 saturated carbocycles. The molecule has 0 unspecified atom stereocenters. The van der Waals surface area contributed by atoms with Crippen molar-refractivity contribution in [3.05, 3.63) is 89.6 Å². The number of ether oxygens (including phenoxy) is 2. The summed E-state index contributed by atoms with van der Waals surface area (Å²) in [6.45, 7) is 5.22. The van der Waals surface area contributed by atoms with Gasteiger partial charge in [0.15, 0.2) is 4.80 Å². The maximum Gasteiger partial charge on any atom is 0.338 e. The summed E-state index contributed by atoms with van der Waals surface area (Å²) in [5.74, 6) is -0.388. The van der Waals surface area contributed by atoms with Crippen molar-refractivity contribution in [1.82, 2.24) is 4.57 Å². The number of benzene rings is 2. The molecule has 3 aromatic rings. The second-order valence-corrected chi connectivity index (χ2v) is 10.1. The van der Waals surface area contributed by atoms with Gasteiger partial charge in [-0.05, 0) is 56.7 Å². The Labute approximate surface area is 215 Å². The predicted molar refractivity (Wildman–Crippen MR) is 137 cm³/mol. The summed E-state index contributed by atoms with van der Waals surface area (Å²) in [6.07, 6.45) is -0.362. The molecule has 0 fully saturated rings. The van der Waals surface area contributed by atoms with Gasteiger partial charge in [0, 0.05) is 16.3 Å². The molecule has 8 nitrogen and oxygen atoms in total. The van der Waals surface area contributed by atoms with Crippen LogP contribution in [0, 0.1) is 0 Å². The minimum atomic E-state index is -0.819. The molecule has 184 valence electrons. The van der Waals surface area contributed by atoms with E-state index in [4.69, 9.17) is 21.1 Å². The Morgan fingerprint density at radius 3 is 2.69 bits per heavy atom. The van der Waals surface area contributed by atoms with Crippen molar-refractivity contribution >= 4 is 46.1 Å². The number of nitrogens with one attached hydrogen (secondary N) is 1. The third-order valence-corrected chi connectivity index (χ3v) is 7.21. The lowest BCUT2D eigenvalue weighted by molar-refractivity contribution is -0.143. The molecule has 1 N–H and O–H groups in total. The number of allylic oxidation sites excluding steroid dienone is 1. The number of thiazole rings is 1. The van der Waals surface area contributed by atoms with Gasteiger partial charge in [0.05, 0.1) is 36.1 Å². The first-order chi connectivity index (χ1) is 17.2. The topological polar surface area (TPSA) is 99.0 Å². The second-order valence-electron chi connectivity index (χ2n) is 8.65. The standard InChI is InChI=1S/C26H22ClN3O5S/c1-12(2)35-25(33)19-13(3)28-26-30(21(19)14-6-5-7-16(10-14)34-4)24(32)22(36-26)20-17-11-15(27)8-9-18(17)29-23(20)31/h5-12,21H,1-4H3,(H,29,31)/b22-20+/t21-/m0/s1. The normalized spacial score (nSPS) is 17.9. The molecule has 1 aromatic heterocycles. The highest BCUT2D eigenvalue weighted by Crippen LogP contribution is 2.34. The Bertz CT molecular complexity index is 1650. The average Bonchev–Trinajstić information content (AvgIpc) is 3.32. The highest BCUT2D eigenvalue weighted by Gasteiger charge is 2.35. The van der Waals surface area contributed by atoms with E-state index in [0.717, 1.165) is 11.3 Å². The number of methoxy groups -OCH3 is 1. The van der Waals surface area contributed by atoms with Gasteiger partial charge in [0.1, 0.15) is 10.3 Å². The molecule has 0 spiro atoms. The summed E-state index contributed by atoms with van der Waals surface area (Å²) < 4.78 is 12.6. The van der Waals surface area contributed by atoms with Gasteiger partial charge in [0.25, 0.3) is 11.5 Å². The molecule has 1 amide bonds. The largest absolute Gasteiger partial charge is 0.497 e. The lowest BCUT2D eigenvalue weighted by atomic mass is 9.95. The van der Waals surface area contributed by atoms with Crippen molar-refractivity contribution < 1.29 is 19.1 Å². The van der Waals surface area contributed by atoms with E-state index in [1.807, 2.05) is 6.07 Å². The first-order valence-electron chi connectivity index (χ1n) is 11.2. The Kier molecular flexibility index (Phi) is 6.05. The van der Waals surface area contributed by atoms with Crippen molar-refractivity contribution in [2.75, 3.05) is 12.4 Å². The average molecular weight is 524 g/mol. The number of nitrogens with zero attached hydrogens (tertiary/aromatic N) is 2. The Morgan fingerprint density at radius 1 is 1.19 bits per heavy atom. The molecule has 0 radical (unpaired) electrons. The number of carbonyl (C=O) groups is 2. The second kappa shape index (κ2) is 9.07. The van der Waals surface area contributed by atoms with E-state index in [-0.39, 0.29) is 21.8 Å². The van der Waals surface area contributed by atoms with E-state index in [1.54, 1.807) is 64.3 Å². The molecular formula is C26H22ClN3O5S. The molecule has 2 aliphatic rings. The Morgan fingerprint density at radius 2 is 1.97 bits per heavy atom. The number of esters is 1. The maximum absolute atomic E-state index is 13.9. The van der Waals surface area contributed by atoms with Crippen molar-refractivity contribution in [3.63, 3.8) is 0 Å². The summed E-state index contributed by atoms with van der Waals surface area (Å²) in [4.78, 5) is 45.1. The predicted octanol–water partition coefficient (Wildman–Crippen LogP) is 3.17. The minimum Gasteiger partial charge on any atom is -0.497 e. The van der Waals surface area contributed by atoms with Crippen LogP contribution in [0.4, 0.5) is 5.69 Å². The quantitative estimate of drug-likeness (QED) is 0.530. The van der Waals surface area contributed by atoms with Crippen LogP contribution in [-0.4, -0.2) is 29.7 Å². The molecular weight excluding hydrogens is 502 g/mol. The van der Waals surface area contributed by atoms with E-state index in [9.17, 15) is 14.4 Å². The summed E-state index contributed by atoms with van der Waals surface area (Å²) in [6, 6.07) is 11.3. The van der Waals surface area contributed by atoms with Crippen LogP contribution < -0.4 is 24.9 Å². The highest BCUT2D eigenvalue weighted by atomic mass is 35.5. The molecule has 0 bridgehead atoms. The van der Waals surface area contributed by atoms with E-state index < -0.39 is 23.5 Å². The minimum absolute atomic E-state index is 0.214. The third kappa shape index (κ3) is 3.94. The van der Waals surface area contributed by atoms with Crippen molar-refractivity contribution in [2.45, 2.75) is 32.9 Å². The molecule has 5 rings (SSSR count). The lowest BCUT2D eigenvalue weighted by Gasteiger charge is -2.25. The summed E-state index contributed by atoms with van der Waals surface area (Å²) >= 11 is 7.29. The molecule has 2 aromatic carbocycles. The first-order valence-corrected chi connectivity index (χ1v) is 12.4. The summed E-state index contributed by atoms with van der Waals surface area (Å²) in [5.41, 5.74) is 2.25. The van der Waals surface area contributed by atoms with Gasteiger partial charge in [0.2, 0.25) is 0 Å². The molecule has 2 aliphatic heterocycles. The number of aromatic nitrogens is 1. The third-order valence-electron chi connectivity index (χ3n) is 5.92. The van der Waals surface area contributed by atoms with Gasteiger partial charge in [-0.2, -0.15) is 0 Å². The number of amides is 1.